The maximum atomic E-state index is 14.0. The van der Waals surface area contributed by atoms with Gasteiger partial charge >= 0.3 is 5.97 Å². The zero-order chi connectivity index (χ0) is 23.3. The second kappa shape index (κ2) is 9.66. The fourth-order valence-corrected chi connectivity index (χ4v) is 3.60. The molecule has 4 rings (SSSR count). The van der Waals surface area contributed by atoms with Gasteiger partial charge in [-0.3, -0.25) is 4.98 Å². The molecule has 0 spiro atoms. The van der Waals surface area contributed by atoms with Crippen LogP contribution in [0.4, 0.5) is 4.39 Å². The summed E-state index contributed by atoms with van der Waals surface area (Å²) < 4.78 is 24.7. The number of pyridine rings is 1. The molecule has 5 nitrogen and oxygen atoms in total. The molecule has 3 aromatic rings. The molecule has 166 valence electrons. The first-order valence-corrected chi connectivity index (χ1v) is 10.8. The Balaban J connectivity index is 1.46. The van der Waals surface area contributed by atoms with Crippen molar-refractivity contribution < 1.29 is 18.7 Å². The van der Waals surface area contributed by atoms with Crippen LogP contribution in [-0.4, -0.2) is 17.6 Å². The number of nitriles is 1. The van der Waals surface area contributed by atoms with E-state index in [2.05, 4.69) is 11.1 Å². The molecule has 1 fully saturated rings. The highest BCUT2D eigenvalue weighted by Crippen LogP contribution is 2.47. The van der Waals surface area contributed by atoms with E-state index in [1.807, 2.05) is 24.3 Å². The minimum absolute atomic E-state index is 0.163. The molecule has 1 aliphatic rings. The SMILES string of the molecule is CCOC(=O)/C=C/c1ccc(OCc2cc(F)ccc2-c2ccc(C3(C#N)CC3)cc2)cn1. The van der Waals surface area contributed by atoms with Crippen molar-refractivity contribution in [3.63, 3.8) is 0 Å². The van der Waals surface area contributed by atoms with Gasteiger partial charge in [-0.05, 0) is 72.4 Å². The molecule has 33 heavy (non-hydrogen) atoms. The van der Waals surface area contributed by atoms with Gasteiger partial charge in [0, 0.05) is 6.08 Å². The molecule has 0 unspecified atom stereocenters. The van der Waals surface area contributed by atoms with Gasteiger partial charge in [-0.2, -0.15) is 5.26 Å². The predicted octanol–water partition coefficient (Wildman–Crippen LogP) is 5.60. The quantitative estimate of drug-likeness (QED) is 0.335. The van der Waals surface area contributed by atoms with Gasteiger partial charge in [0.25, 0.3) is 0 Å². The summed E-state index contributed by atoms with van der Waals surface area (Å²) in [6.07, 6.45) is 6.22. The summed E-state index contributed by atoms with van der Waals surface area (Å²) in [5.74, 6) is -0.238. The Morgan fingerprint density at radius 3 is 2.61 bits per heavy atom. The molecule has 0 atom stereocenters. The Bertz CT molecular complexity index is 1210. The van der Waals surface area contributed by atoms with Crippen molar-refractivity contribution in [2.45, 2.75) is 31.8 Å². The van der Waals surface area contributed by atoms with E-state index in [1.165, 1.54) is 18.2 Å². The second-order valence-electron chi connectivity index (χ2n) is 7.87. The van der Waals surface area contributed by atoms with Gasteiger partial charge in [-0.25, -0.2) is 9.18 Å². The smallest absolute Gasteiger partial charge is 0.330 e. The maximum absolute atomic E-state index is 14.0. The maximum Gasteiger partial charge on any atom is 0.330 e. The molecule has 0 bridgehead atoms. The average Bonchev–Trinajstić information content (AvgIpc) is 3.64. The number of hydrogen-bond donors (Lipinski definition) is 0. The van der Waals surface area contributed by atoms with E-state index in [-0.39, 0.29) is 17.8 Å². The lowest BCUT2D eigenvalue weighted by molar-refractivity contribution is -0.137. The molecule has 2 aromatic carbocycles. The molecule has 0 N–H and O–H groups in total. The van der Waals surface area contributed by atoms with Crippen LogP contribution >= 0.6 is 0 Å². The summed E-state index contributed by atoms with van der Waals surface area (Å²) in [7, 11) is 0. The van der Waals surface area contributed by atoms with E-state index in [9.17, 15) is 14.4 Å². The number of ether oxygens (including phenoxy) is 2. The first-order chi connectivity index (χ1) is 16.0. The molecule has 6 heteroatoms. The lowest BCUT2D eigenvalue weighted by Gasteiger charge is -2.13. The Kier molecular flexibility index (Phi) is 6.50. The third-order valence-corrected chi connectivity index (χ3v) is 5.61. The summed E-state index contributed by atoms with van der Waals surface area (Å²) in [6.45, 7) is 2.22. The third-order valence-electron chi connectivity index (χ3n) is 5.61. The first-order valence-electron chi connectivity index (χ1n) is 10.8. The Labute approximate surface area is 192 Å². The predicted molar refractivity (Wildman–Crippen MR) is 123 cm³/mol. The molecule has 1 aliphatic carbocycles. The molecule has 0 saturated heterocycles. The van der Waals surface area contributed by atoms with Gasteiger partial charge in [0.2, 0.25) is 0 Å². The van der Waals surface area contributed by atoms with Gasteiger partial charge in [-0.15, -0.1) is 0 Å². The largest absolute Gasteiger partial charge is 0.487 e. The molecule has 1 saturated carbocycles. The number of nitrogens with zero attached hydrogens (tertiary/aromatic N) is 2. The second-order valence-corrected chi connectivity index (χ2v) is 7.87. The average molecular weight is 442 g/mol. The van der Waals surface area contributed by atoms with E-state index < -0.39 is 5.97 Å². The van der Waals surface area contributed by atoms with Crippen LogP contribution in [0.5, 0.6) is 5.75 Å². The highest BCUT2D eigenvalue weighted by Gasteiger charge is 2.44. The monoisotopic (exact) mass is 442 g/mol. The number of carbonyl (C=O) groups is 1. The summed E-state index contributed by atoms with van der Waals surface area (Å²) in [5, 5.41) is 9.40. The summed E-state index contributed by atoms with van der Waals surface area (Å²) in [6, 6.07) is 18.4. The van der Waals surface area contributed by atoms with Crippen molar-refractivity contribution in [2.75, 3.05) is 6.61 Å². The lowest BCUT2D eigenvalue weighted by atomic mass is 9.93. The van der Waals surface area contributed by atoms with Gasteiger partial charge in [0.1, 0.15) is 18.2 Å². The van der Waals surface area contributed by atoms with Crippen LogP contribution in [0.1, 0.15) is 36.6 Å². The molecule has 1 heterocycles. The standard InChI is InChI=1S/C27H23FN2O3/c1-2-32-26(31)12-9-23-8-10-24(16-30-23)33-17-20-15-22(28)7-11-25(20)19-3-5-21(6-4-19)27(18-29)13-14-27/h3-12,15-16H,2,13-14,17H2,1H3/b12-9+. The van der Waals surface area contributed by atoms with Gasteiger partial charge in [0.15, 0.2) is 0 Å². The number of esters is 1. The molecular weight excluding hydrogens is 419 g/mol. The van der Waals surface area contributed by atoms with Crippen LogP contribution in [-0.2, 0) is 21.6 Å². The van der Waals surface area contributed by atoms with Gasteiger partial charge in [-0.1, -0.05) is 30.3 Å². The summed E-state index contributed by atoms with van der Waals surface area (Å²) in [4.78, 5) is 15.6. The number of aromatic nitrogens is 1. The third kappa shape index (κ3) is 5.27. The number of hydrogen-bond acceptors (Lipinski definition) is 5. The zero-order valence-corrected chi connectivity index (χ0v) is 18.3. The Hall–Kier alpha value is -3.98. The highest BCUT2D eigenvalue weighted by atomic mass is 19.1. The van der Waals surface area contributed by atoms with Crippen LogP contribution in [0.3, 0.4) is 0 Å². The van der Waals surface area contributed by atoms with Gasteiger partial charge < -0.3 is 9.47 Å². The fourth-order valence-electron chi connectivity index (χ4n) is 3.60. The van der Waals surface area contributed by atoms with E-state index in [1.54, 1.807) is 37.4 Å². The van der Waals surface area contributed by atoms with Crippen LogP contribution in [0.25, 0.3) is 17.2 Å². The summed E-state index contributed by atoms with van der Waals surface area (Å²) >= 11 is 0. The normalized spacial score (nSPS) is 14.0. The minimum Gasteiger partial charge on any atom is -0.487 e. The van der Waals surface area contributed by atoms with E-state index >= 15 is 0 Å². The van der Waals surface area contributed by atoms with Crippen LogP contribution in [0.2, 0.25) is 0 Å². The molecule has 0 amide bonds. The van der Waals surface area contributed by atoms with E-state index in [0.717, 1.165) is 29.5 Å². The molecule has 0 radical (unpaired) electrons. The van der Waals surface area contributed by atoms with Crippen molar-refractivity contribution >= 4 is 12.0 Å². The van der Waals surface area contributed by atoms with Crippen molar-refractivity contribution in [3.05, 3.63) is 89.5 Å². The highest BCUT2D eigenvalue weighted by molar-refractivity contribution is 5.86. The van der Waals surface area contributed by atoms with Crippen molar-refractivity contribution in [2.24, 2.45) is 0 Å². The van der Waals surface area contributed by atoms with Crippen LogP contribution < -0.4 is 4.74 Å². The number of halogens is 1. The fraction of sp³-hybridized carbons (Fsp3) is 0.222. The first kappa shape index (κ1) is 22.2. The van der Waals surface area contributed by atoms with Crippen LogP contribution in [0.15, 0.2) is 66.9 Å². The number of rotatable bonds is 8. The zero-order valence-electron chi connectivity index (χ0n) is 18.3. The number of benzene rings is 2. The summed E-state index contributed by atoms with van der Waals surface area (Å²) in [5.41, 5.74) is 3.79. The van der Waals surface area contributed by atoms with Crippen molar-refractivity contribution in [1.29, 1.82) is 5.26 Å². The van der Waals surface area contributed by atoms with Gasteiger partial charge in [0.05, 0.1) is 30.0 Å². The molecular formula is C27H23FN2O3. The molecule has 1 aromatic heterocycles. The Morgan fingerprint density at radius 1 is 1.18 bits per heavy atom. The van der Waals surface area contributed by atoms with Crippen LogP contribution in [0, 0.1) is 17.1 Å². The molecule has 0 aliphatic heterocycles. The van der Waals surface area contributed by atoms with Crippen molar-refractivity contribution in [1.82, 2.24) is 4.98 Å². The van der Waals surface area contributed by atoms with E-state index in [0.29, 0.717) is 23.6 Å². The van der Waals surface area contributed by atoms with E-state index in [4.69, 9.17) is 9.47 Å². The minimum atomic E-state index is -0.425. The Morgan fingerprint density at radius 2 is 1.97 bits per heavy atom. The lowest BCUT2D eigenvalue weighted by Crippen LogP contribution is -2.02. The topological polar surface area (TPSA) is 72.2 Å². The van der Waals surface area contributed by atoms with Crippen molar-refractivity contribution in [3.8, 4) is 22.9 Å². The number of carbonyl (C=O) groups excluding carboxylic acids is 1.